The van der Waals surface area contributed by atoms with Gasteiger partial charge >= 0.3 is 0 Å². The van der Waals surface area contributed by atoms with Gasteiger partial charge in [0, 0.05) is 19.3 Å². The highest BCUT2D eigenvalue weighted by Crippen LogP contribution is 2.27. The van der Waals surface area contributed by atoms with E-state index in [1.165, 1.54) is 0 Å². The van der Waals surface area contributed by atoms with Crippen molar-refractivity contribution in [3.63, 3.8) is 0 Å². The Balaban J connectivity index is 2.13. The number of hydrazine groups is 1. The molecule has 0 unspecified atom stereocenters. The molecule has 1 N–H and O–H groups in total. The minimum atomic E-state index is -0.279. The maximum absolute atomic E-state index is 13.4. The SMILES string of the molecule is CNN1CCC[C@H](c2cnc(Br)c(F)c2)C1. The first-order valence-electron chi connectivity index (χ1n) is 5.44. The molecule has 5 heteroatoms. The molecule has 1 saturated heterocycles. The lowest BCUT2D eigenvalue weighted by molar-refractivity contribution is 0.154. The zero-order valence-electron chi connectivity index (χ0n) is 9.21. The predicted octanol–water partition coefficient (Wildman–Crippen LogP) is 2.30. The molecule has 0 aliphatic carbocycles. The van der Waals surface area contributed by atoms with Crippen LogP contribution in [0.5, 0.6) is 0 Å². The molecule has 0 radical (unpaired) electrons. The highest BCUT2D eigenvalue weighted by atomic mass is 79.9. The molecule has 2 heterocycles. The first kappa shape index (κ1) is 12.0. The van der Waals surface area contributed by atoms with E-state index < -0.39 is 0 Å². The summed E-state index contributed by atoms with van der Waals surface area (Å²) < 4.78 is 13.7. The summed E-state index contributed by atoms with van der Waals surface area (Å²) >= 11 is 3.07. The molecule has 0 aromatic carbocycles. The van der Waals surface area contributed by atoms with Crippen molar-refractivity contribution in [2.75, 3.05) is 20.1 Å². The van der Waals surface area contributed by atoms with E-state index in [-0.39, 0.29) is 10.4 Å². The molecule has 0 saturated carbocycles. The number of pyridine rings is 1. The fourth-order valence-corrected chi connectivity index (χ4v) is 2.33. The fourth-order valence-electron chi connectivity index (χ4n) is 2.11. The summed E-state index contributed by atoms with van der Waals surface area (Å²) in [4.78, 5) is 4.01. The molecule has 88 valence electrons. The Morgan fingerprint density at radius 1 is 1.62 bits per heavy atom. The number of hydrogen-bond donors (Lipinski definition) is 1. The van der Waals surface area contributed by atoms with Crippen molar-refractivity contribution < 1.29 is 4.39 Å². The molecule has 1 aromatic rings. The van der Waals surface area contributed by atoms with Gasteiger partial charge in [-0.2, -0.15) is 0 Å². The summed E-state index contributed by atoms with van der Waals surface area (Å²) in [6.45, 7) is 1.97. The number of halogens is 2. The van der Waals surface area contributed by atoms with Crippen molar-refractivity contribution in [2.24, 2.45) is 0 Å². The van der Waals surface area contributed by atoms with E-state index in [0.717, 1.165) is 31.5 Å². The van der Waals surface area contributed by atoms with E-state index >= 15 is 0 Å². The Morgan fingerprint density at radius 3 is 3.12 bits per heavy atom. The van der Waals surface area contributed by atoms with Gasteiger partial charge in [-0.15, -0.1) is 0 Å². The van der Waals surface area contributed by atoms with Crippen molar-refractivity contribution in [2.45, 2.75) is 18.8 Å². The lowest BCUT2D eigenvalue weighted by Gasteiger charge is -2.32. The van der Waals surface area contributed by atoms with Gasteiger partial charge in [0.05, 0.1) is 0 Å². The molecule has 1 aliphatic heterocycles. The van der Waals surface area contributed by atoms with E-state index in [2.05, 4.69) is 31.3 Å². The van der Waals surface area contributed by atoms with Gasteiger partial charge < -0.3 is 0 Å². The highest BCUT2D eigenvalue weighted by molar-refractivity contribution is 9.10. The third-order valence-corrected chi connectivity index (χ3v) is 3.61. The van der Waals surface area contributed by atoms with Gasteiger partial charge in [-0.05, 0) is 53.4 Å². The molecular weight excluding hydrogens is 273 g/mol. The van der Waals surface area contributed by atoms with E-state index in [9.17, 15) is 4.39 Å². The number of rotatable bonds is 2. The van der Waals surface area contributed by atoms with Gasteiger partial charge in [0.1, 0.15) is 4.60 Å². The second-order valence-electron chi connectivity index (χ2n) is 4.05. The van der Waals surface area contributed by atoms with Gasteiger partial charge in [0.15, 0.2) is 5.82 Å². The Kier molecular flexibility index (Phi) is 3.89. The minimum Gasteiger partial charge on any atom is -0.258 e. The van der Waals surface area contributed by atoms with Gasteiger partial charge in [-0.3, -0.25) is 5.43 Å². The van der Waals surface area contributed by atoms with Crippen LogP contribution in [0.2, 0.25) is 0 Å². The molecule has 0 spiro atoms. The zero-order valence-corrected chi connectivity index (χ0v) is 10.8. The van der Waals surface area contributed by atoms with Gasteiger partial charge in [-0.1, -0.05) is 0 Å². The van der Waals surface area contributed by atoms with Crippen molar-refractivity contribution in [1.29, 1.82) is 0 Å². The maximum Gasteiger partial charge on any atom is 0.156 e. The Hall–Kier alpha value is -0.520. The van der Waals surface area contributed by atoms with Crippen LogP contribution in [0.3, 0.4) is 0 Å². The van der Waals surface area contributed by atoms with Crippen LogP contribution in [0, 0.1) is 5.82 Å². The van der Waals surface area contributed by atoms with Gasteiger partial charge in [0.2, 0.25) is 0 Å². The van der Waals surface area contributed by atoms with Gasteiger partial charge in [-0.25, -0.2) is 14.4 Å². The second kappa shape index (κ2) is 5.21. The Morgan fingerprint density at radius 2 is 2.44 bits per heavy atom. The van der Waals surface area contributed by atoms with Crippen LogP contribution in [0.4, 0.5) is 4.39 Å². The molecule has 1 atom stereocenters. The maximum atomic E-state index is 13.4. The number of aromatic nitrogens is 1. The van der Waals surface area contributed by atoms with Crippen LogP contribution in [0.15, 0.2) is 16.9 Å². The quantitative estimate of drug-likeness (QED) is 0.846. The fraction of sp³-hybridized carbons (Fsp3) is 0.545. The molecule has 1 aliphatic rings. The normalized spacial score (nSPS) is 22.3. The molecule has 0 amide bonds. The monoisotopic (exact) mass is 287 g/mol. The first-order valence-corrected chi connectivity index (χ1v) is 6.23. The largest absolute Gasteiger partial charge is 0.258 e. The molecule has 1 fully saturated rings. The average Bonchev–Trinajstić information content (AvgIpc) is 2.33. The minimum absolute atomic E-state index is 0.279. The molecule has 2 rings (SSSR count). The standard InChI is InChI=1S/C11H15BrFN3/c1-14-16-4-2-3-8(7-16)9-5-10(13)11(12)15-6-9/h5-6,8,14H,2-4,7H2,1H3/t8-/m0/s1. The van der Waals surface area contributed by atoms with Crippen molar-refractivity contribution in [3.8, 4) is 0 Å². The number of nitrogens with one attached hydrogen (secondary N) is 1. The first-order chi connectivity index (χ1) is 7.70. The van der Waals surface area contributed by atoms with Crippen LogP contribution < -0.4 is 5.43 Å². The van der Waals surface area contributed by atoms with Crippen molar-refractivity contribution in [3.05, 3.63) is 28.2 Å². The van der Waals surface area contributed by atoms with E-state index in [0.29, 0.717) is 5.92 Å². The summed E-state index contributed by atoms with van der Waals surface area (Å²) in [5.41, 5.74) is 4.13. The Bertz CT molecular complexity index is 372. The van der Waals surface area contributed by atoms with Crippen LogP contribution in [-0.4, -0.2) is 30.1 Å². The smallest absolute Gasteiger partial charge is 0.156 e. The topological polar surface area (TPSA) is 28.2 Å². The summed E-state index contributed by atoms with van der Waals surface area (Å²) in [5, 5.41) is 2.16. The number of hydrogen-bond acceptors (Lipinski definition) is 3. The van der Waals surface area contributed by atoms with Gasteiger partial charge in [0.25, 0.3) is 0 Å². The van der Waals surface area contributed by atoms with Crippen molar-refractivity contribution in [1.82, 2.24) is 15.4 Å². The van der Waals surface area contributed by atoms with Crippen LogP contribution in [0.1, 0.15) is 24.3 Å². The Labute approximate surface area is 103 Å². The summed E-state index contributed by atoms with van der Waals surface area (Å²) in [6, 6.07) is 1.58. The van der Waals surface area contributed by atoms with E-state index in [1.807, 2.05) is 7.05 Å². The van der Waals surface area contributed by atoms with E-state index in [4.69, 9.17) is 0 Å². The third kappa shape index (κ3) is 2.59. The van der Waals surface area contributed by atoms with Crippen LogP contribution in [-0.2, 0) is 0 Å². The third-order valence-electron chi connectivity index (χ3n) is 3.03. The summed E-state index contributed by atoms with van der Waals surface area (Å²) in [6.07, 6.45) is 3.99. The van der Waals surface area contributed by atoms with E-state index in [1.54, 1.807) is 12.3 Å². The van der Waals surface area contributed by atoms with Crippen LogP contribution >= 0.6 is 15.9 Å². The molecular formula is C11H15BrFN3. The lowest BCUT2D eigenvalue weighted by Crippen LogP contribution is -2.42. The lowest BCUT2D eigenvalue weighted by atomic mass is 9.92. The van der Waals surface area contributed by atoms with Crippen molar-refractivity contribution >= 4 is 15.9 Å². The zero-order chi connectivity index (χ0) is 11.5. The summed E-state index contributed by atoms with van der Waals surface area (Å²) in [7, 11) is 1.92. The molecule has 3 nitrogen and oxygen atoms in total. The average molecular weight is 288 g/mol. The second-order valence-corrected chi connectivity index (χ2v) is 4.80. The molecule has 1 aromatic heterocycles. The molecule has 16 heavy (non-hydrogen) atoms. The highest BCUT2D eigenvalue weighted by Gasteiger charge is 2.21. The molecule has 0 bridgehead atoms. The number of nitrogens with zero attached hydrogens (tertiary/aromatic N) is 2. The predicted molar refractivity (Wildman–Crippen MR) is 64.5 cm³/mol. The summed E-state index contributed by atoms with van der Waals surface area (Å²) in [5.74, 6) is 0.0929. The number of piperidine rings is 1. The van der Waals surface area contributed by atoms with Crippen LogP contribution in [0.25, 0.3) is 0 Å².